The zero-order chi connectivity index (χ0) is 22.5. The molecule has 2 aromatic rings. The summed E-state index contributed by atoms with van der Waals surface area (Å²) in [6.07, 6.45) is 1.13. The molecule has 2 aliphatic rings. The van der Waals surface area contributed by atoms with E-state index in [-0.39, 0.29) is 24.2 Å². The van der Waals surface area contributed by atoms with Gasteiger partial charge >= 0.3 is 0 Å². The lowest BCUT2D eigenvalue weighted by Gasteiger charge is -2.32. The molecule has 6 nitrogen and oxygen atoms in total. The smallest absolute Gasteiger partial charge is 0.227 e. The zero-order valence-corrected chi connectivity index (χ0v) is 19.2. The van der Waals surface area contributed by atoms with E-state index in [0.717, 1.165) is 56.0 Å². The van der Waals surface area contributed by atoms with Crippen molar-refractivity contribution in [1.29, 1.82) is 0 Å². The second kappa shape index (κ2) is 10.3. The minimum absolute atomic E-state index is 0.0280. The van der Waals surface area contributed by atoms with Crippen molar-refractivity contribution in [3.8, 4) is 0 Å². The Morgan fingerprint density at radius 1 is 1.03 bits per heavy atom. The number of hydrogen-bond acceptors (Lipinski definition) is 4. The second-order valence-electron chi connectivity index (χ2n) is 9.00. The number of amides is 2. The average Bonchev–Trinajstić information content (AvgIpc) is 3.20. The summed E-state index contributed by atoms with van der Waals surface area (Å²) in [5.74, 6) is -0.319. The zero-order valence-electron chi connectivity index (χ0n) is 19.2. The number of para-hydroxylation sites is 1. The van der Waals surface area contributed by atoms with Gasteiger partial charge in [-0.3, -0.25) is 14.5 Å². The fourth-order valence-corrected chi connectivity index (χ4v) is 4.62. The van der Waals surface area contributed by atoms with Crippen LogP contribution < -0.4 is 10.2 Å². The maximum Gasteiger partial charge on any atom is 0.227 e. The summed E-state index contributed by atoms with van der Waals surface area (Å²) in [4.78, 5) is 32.1. The van der Waals surface area contributed by atoms with E-state index >= 15 is 0 Å². The summed E-state index contributed by atoms with van der Waals surface area (Å²) >= 11 is 0. The lowest BCUT2D eigenvalue weighted by atomic mass is 10.1. The highest BCUT2D eigenvalue weighted by Crippen LogP contribution is 2.28. The maximum atomic E-state index is 12.8. The first kappa shape index (κ1) is 22.5. The SMILES string of the molecule is CCc1ccccc1N1CC(C(=O)NCc2cccc(CN3CCN(C)CC3)c2)CC1=O. The molecule has 1 atom stereocenters. The molecule has 4 rings (SSSR count). The molecule has 170 valence electrons. The van der Waals surface area contributed by atoms with Crippen LogP contribution in [0.5, 0.6) is 0 Å². The molecule has 2 saturated heterocycles. The number of hydrogen-bond donors (Lipinski definition) is 1. The van der Waals surface area contributed by atoms with Crippen LogP contribution in [0.2, 0.25) is 0 Å². The van der Waals surface area contributed by atoms with Gasteiger partial charge in [-0.25, -0.2) is 0 Å². The van der Waals surface area contributed by atoms with E-state index in [9.17, 15) is 9.59 Å². The molecule has 0 saturated carbocycles. The van der Waals surface area contributed by atoms with E-state index in [1.54, 1.807) is 4.90 Å². The highest BCUT2D eigenvalue weighted by molar-refractivity contribution is 6.00. The Hall–Kier alpha value is -2.70. The first-order chi connectivity index (χ1) is 15.5. The molecule has 0 aliphatic carbocycles. The van der Waals surface area contributed by atoms with Crippen LogP contribution in [-0.2, 0) is 29.1 Å². The summed E-state index contributed by atoms with van der Waals surface area (Å²) in [6, 6.07) is 16.4. The molecule has 0 aromatic heterocycles. The molecule has 2 amide bonds. The molecule has 0 spiro atoms. The summed E-state index contributed by atoms with van der Waals surface area (Å²) in [5.41, 5.74) is 4.45. The van der Waals surface area contributed by atoms with Crippen LogP contribution in [0.4, 0.5) is 5.69 Å². The minimum atomic E-state index is -0.305. The van der Waals surface area contributed by atoms with Crippen LogP contribution in [0.25, 0.3) is 0 Å². The Morgan fingerprint density at radius 3 is 2.56 bits per heavy atom. The molecule has 2 aliphatic heterocycles. The second-order valence-corrected chi connectivity index (χ2v) is 9.00. The number of nitrogens with zero attached hydrogens (tertiary/aromatic N) is 3. The highest BCUT2D eigenvalue weighted by Gasteiger charge is 2.35. The van der Waals surface area contributed by atoms with Crippen LogP contribution in [0.15, 0.2) is 48.5 Å². The Bertz CT molecular complexity index is 952. The van der Waals surface area contributed by atoms with Crippen molar-refractivity contribution in [2.75, 3.05) is 44.7 Å². The van der Waals surface area contributed by atoms with E-state index < -0.39 is 0 Å². The van der Waals surface area contributed by atoms with Gasteiger partial charge in [0.2, 0.25) is 11.8 Å². The number of likely N-dealkylation sites (N-methyl/N-ethyl adjacent to an activating group) is 1. The predicted molar refractivity (Wildman–Crippen MR) is 127 cm³/mol. The number of benzene rings is 2. The van der Waals surface area contributed by atoms with Crippen molar-refractivity contribution in [3.05, 3.63) is 65.2 Å². The van der Waals surface area contributed by atoms with Crippen LogP contribution in [0, 0.1) is 5.92 Å². The Balaban J connectivity index is 1.32. The van der Waals surface area contributed by atoms with Gasteiger partial charge in [-0.1, -0.05) is 49.4 Å². The molecule has 0 radical (unpaired) electrons. The normalized spacial score (nSPS) is 20.0. The van der Waals surface area contributed by atoms with Crippen LogP contribution in [-0.4, -0.2) is 61.4 Å². The summed E-state index contributed by atoms with van der Waals surface area (Å²) in [7, 11) is 2.17. The fourth-order valence-electron chi connectivity index (χ4n) is 4.62. The van der Waals surface area contributed by atoms with Crippen LogP contribution in [0.1, 0.15) is 30.0 Å². The van der Waals surface area contributed by atoms with Crippen molar-refractivity contribution in [2.24, 2.45) is 5.92 Å². The minimum Gasteiger partial charge on any atom is -0.352 e. The van der Waals surface area contributed by atoms with Gasteiger partial charge in [-0.2, -0.15) is 0 Å². The van der Waals surface area contributed by atoms with E-state index in [1.807, 2.05) is 24.3 Å². The molecule has 0 bridgehead atoms. The van der Waals surface area contributed by atoms with Gasteiger partial charge in [0.25, 0.3) is 0 Å². The van der Waals surface area contributed by atoms with Gasteiger partial charge in [-0.05, 0) is 36.2 Å². The number of nitrogens with one attached hydrogen (secondary N) is 1. The Labute approximate surface area is 191 Å². The third-order valence-corrected chi connectivity index (χ3v) is 6.62. The number of piperazine rings is 1. The van der Waals surface area contributed by atoms with Crippen molar-refractivity contribution in [1.82, 2.24) is 15.1 Å². The molecular weight excluding hydrogens is 400 g/mol. The molecule has 6 heteroatoms. The molecule has 2 fully saturated rings. The van der Waals surface area contributed by atoms with Crippen LogP contribution in [0.3, 0.4) is 0 Å². The third-order valence-electron chi connectivity index (χ3n) is 6.62. The number of carbonyl (C=O) groups is 2. The summed E-state index contributed by atoms with van der Waals surface area (Å²) < 4.78 is 0. The quantitative estimate of drug-likeness (QED) is 0.728. The fraction of sp³-hybridized carbons (Fsp3) is 0.462. The number of carbonyl (C=O) groups excluding carboxylic acids is 2. The van der Waals surface area contributed by atoms with Crippen LogP contribution >= 0.6 is 0 Å². The molecule has 2 heterocycles. The van der Waals surface area contributed by atoms with E-state index in [0.29, 0.717) is 13.1 Å². The molecule has 2 aromatic carbocycles. The first-order valence-electron chi connectivity index (χ1n) is 11.7. The number of aryl methyl sites for hydroxylation is 1. The number of anilines is 1. The van der Waals surface area contributed by atoms with Crippen molar-refractivity contribution >= 4 is 17.5 Å². The summed E-state index contributed by atoms with van der Waals surface area (Å²) in [6.45, 7) is 8.36. The molecular formula is C26H34N4O2. The molecule has 1 unspecified atom stereocenters. The third kappa shape index (κ3) is 5.37. The highest BCUT2D eigenvalue weighted by atomic mass is 16.2. The summed E-state index contributed by atoms with van der Waals surface area (Å²) in [5, 5.41) is 3.06. The van der Waals surface area contributed by atoms with Crippen molar-refractivity contribution in [3.63, 3.8) is 0 Å². The lowest BCUT2D eigenvalue weighted by Crippen LogP contribution is -2.43. The van der Waals surface area contributed by atoms with Crippen molar-refractivity contribution < 1.29 is 9.59 Å². The average molecular weight is 435 g/mol. The van der Waals surface area contributed by atoms with Gasteiger partial charge in [0.15, 0.2) is 0 Å². The predicted octanol–water partition coefficient (Wildman–Crippen LogP) is 2.67. The van der Waals surface area contributed by atoms with Gasteiger partial charge < -0.3 is 15.1 Å². The molecule has 1 N–H and O–H groups in total. The number of rotatable bonds is 7. The van der Waals surface area contributed by atoms with E-state index in [1.165, 1.54) is 5.56 Å². The van der Waals surface area contributed by atoms with Gasteiger partial charge in [0.05, 0.1) is 5.92 Å². The monoisotopic (exact) mass is 434 g/mol. The van der Waals surface area contributed by atoms with Gasteiger partial charge in [-0.15, -0.1) is 0 Å². The Kier molecular flexibility index (Phi) is 7.22. The first-order valence-corrected chi connectivity index (χ1v) is 11.7. The topological polar surface area (TPSA) is 55.9 Å². The standard InChI is InChI=1S/C26H34N4O2/c1-3-22-9-4-5-10-24(22)30-19-23(16-25(30)31)26(32)27-17-20-7-6-8-21(15-20)18-29-13-11-28(2)12-14-29/h4-10,15,23H,3,11-14,16-19H2,1-2H3,(H,27,32). The lowest BCUT2D eigenvalue weighted by molar-refractivity contribution is -0.126. The van der Waals surface area contributed by atoms with Gasteiger partial charge in [0, 0.05) is 57.9 Å². The Morgan fingerprint density at radius 2 is 1.78 bits per heavy atom. The van der Waals surface area contributed by atoms with Gasteiger partial charge in [0.1, 0.15) is 0 Å². The largest absolute Gasteiger partial charge is 0.352 e. The van der Waals surface area contributed by atoms with E-state index in [2.05, 4.69) is 53.4 Å². The van der Waals surface area contributed by atoms with E-state index in [4.69, 9.17) is 0 Å². The van der Waals surface area contributed by atoms with Crippen molar-refractivity contribution in [2.45, 2.75) is 32.9 Å². The molecule has 32 heavy (non-hydrogen) atoms. The maximum absolute atomic E-state index is 12.8.